The van der Waals surface area contributed by atoms with E-state index in [0.29, 0.717) is 31.9 Å². The Morgan fingerprint density at radius 2 is 1.32 bits per heavy atom. The number of carbonyl (C=O) groups excluding carboxylic acids is 1. The van der Waals surface area contributed by atoms with Gasteiger partial charge in [-0.3, -0.25) is 4.79 Å². The molecule has 9 heteroatoms. The molecule has 2 aliphatic rings. The number of rotatable bonds is 2. The molecule has 0 aliphatic carbocycles. The number of aromatic carboxylic acids is 1. The van der Waals surface area contributed by atoms with E-state index in [0.717, 1.165) is 50.1 Å². The van der Waals surface area contributed by atoms with Gasteiger partial charge in [-0.05, 0) is 94.4 Å². The maximum absolute atomic E-state index is 12.2. The van der Waals surface area contributed by atoms with E-state index in [1.54, 1.807) is 13.0 Å². The summed E-state index contributed by atoms with van der Waals surface area (Å²) in [7, 11) is 0. The Morgan fingerprint density at radius 1 is 0.853 bits per heavy atom. The lowest BCUT2D eigenvalue weighted by Crippen LogP contribution is -2.40. The molecule has 4 rings (SSSR count). The number of morpholine rings is 2. The maximum Gasteiger partial charge on any atom is 0.335 e. The average molecular weight is 696 g/mol. The summed E-state index contributed by atoms with van der Waals surface area (Å²) >= 11 is 4.32. The lowest BCUT2D eigenvalue weighted by atomic mass is 10.1. The van der Waals surface area contributed by atoms with Crippen molar-refractivity contribution in [3.05, 3.63) is 65.8 Å². The van der Waals surface area contributed by atoms with Crippen LogP contribution in [0, 0.1) is 21.0 Å². The molecule has 188 valence electrons. The molecule has 2 heterocycles. The van der Waals surface area contributed by atoms with E-state index in [1.165, 1.54) is 0 Å². The van der Waals surface area contributed by atoms with Crippen LogP contribution in [0.4, 0.5) is 0 Å². The fraction of sp³-hybridized carbons (Fsp3) is 0.440. The normalized spacial score (nSPS) is 15.0. The molecule has 1 amide bonds. The Hall–Kier alpha value is -1.28. The van der Waals surface area contributed by atoms with Gasteiger partial charge in [-0.25, -0.2) is 4.79 Å². The molecule has 0 spiro atoms. The van der Waals surface area contributed by atoms with Crippen LogP contribution in [0.5, 0.6) is 0 Å². The molecule has 0 aromatic heterocycles. The number of nitrogens with zero attached hydrogens (tertiary/aromatic N) is 1. The SMILES string of the molecule is C.C1COCCN1.Cc1ccc(I)cc1C(=O)N1CCOCC1.Cc1ccc(I)cc1C(=O)O. The van der Waals surface area contributed by atoms with Gasteiger partial charge in [0.15, 0.2) is 0 Å². The molecule has 0 atom stereocenters. The lowest BCUT2D eigenvalue weighted by Gasteiger charge is -2.27. The van der Waals surface area contributed by atoms with Gasteiger partial charge in [-0.2, -0.15) is 0 Å². The second-order valence-corrected chi connectivity index (χ2v) is 9.98. The number of carboxylic acid groups (broad SMARTS) is 1. The van der Waals surface area contributed by atoms with Gasteiger partial charge in [0.25, 0.3) is 5.91 Å². The zero-order valence-electron chi connectivity index (χ0n) is 18.9. The Labute approximate surface area is 229 Å². The zero-order chi connectivity index (χ0) is 24.2. The number of hydrogen-bond acceptors (Lipinski definition) is 5. The molecule has 0 saturated carbocycles. The Balaban J connectivity index is 0.000000278. The molecule has 2 aromatic rings. The number of nitrogens with one attached hydrogen (secondary N) is 1. The van der Waals surface area contributed by atoms with Crippen molar-refractivity contribution in [1.29, 1.82) is 0 Å². The van der Waals surface area contributed by atoms with Gasteiger partial charge < -0.3 is 24.8 Å². The molecular weight excluding hydrogens is 662 g/mol. The number of aryl methyl sites for hydroxylation is 2. The maximum atomic E-state index is 12.2. The third kappa shape index (κ3) is 10.5. The van der Waals surface area contributed by atoms with Gasteiger partial charge in [-0.1, -0.05) is 19.6 Å². The molecule has 2 fully saturated rings. The van der Waals surface area contributed by atoms with E-state index in [2.05, 4.69) is 50.5 Å². The first-order valence-corrected chi connectivity index (χ1v) is 12.9. The predicted octanol–water partition coefficient (Wildman–Crippen LogP) is 4.61. The highest BCUT2D eigenvalue weighted by molar-refractivity contribution is 14.1. The van der Waals surface area contributed by atoms with Crippen LogP contribution < -0.4 is 5.32 Å². The number of carbonyl (C=O) groups is 2. The van der Waals surface area contributed by atoms with E-state index in [1.807, 2.05) is 42.2 Å². The number of benzene rings is 2. The van der Waals surface area contributed by atoms with Crippen LogP contribution in [0.25, 0.3) is 0 Å². The van der Waals surface area contributed by atoms with Crippen molar-refractivity contribution in [2.24, 2.45) is 0 Å². The minimum absolute atomic E-state index is 0. The van der Waals surface area contributed by atoms with Crippen molar-refractivity contribution in [1.82, 2.24) is 10.2 Å². The summed E-state index contributed by atoms with van der Waals surface area (Å²) in [6.45, 7) is 10.3. The summed E-state index contributed by atoms with van der Waals surface area (Å²) in [4.78, 5) is 24.7. The van der Waals surface area contributed by atoms with E-state index in [9.17, 15) is 9.59 Å². The molecule has 0 bridgehead atoms. The van der Waals surface area contributed by atoms with Gasteiger partial charge in [0.05, 0.1) is 32.0 Å². The standard InChI is InChI=1S/C12H14INO2.C8H7IO2.C4H9NO.CH4/c1-9-2-3-10(13)8-11(9)12(15)14-4-6-16-7-5-14;1-5-2-3-6(9)4-7(5)8(10)11;1-3-6-4-2-5-1;/h2-3,8H,4-7H2,1H3;2-4H,1H3,(H,10,11);5H,1-4H2;1H4. The van der Waals surface area contributed by atoms with Crippen molar-refractivity contribution < 1.29 is 24.2 Å². The van der Waals surface area contributed by atoms with Crippen molar-refractivity contribution in [3.8, 4) is 0 Å². The van der Waals surface area contributed by atoms with Gasteiger partial charge >= 0.3 is 5.97 Å². The topological polar surface area (TPSA) is 88.1 Å². The van der Waals surface area contributed by atoms with Crippen LogP contribution in [0.15, 0.2) is 36.4 Å². The van der Waals surface area contributed by atoms with Gasteiger partial charge in [0, 0.05) is 38.9 Å². The third-order valence-corrected chi connectivity index (χ3v) is 6.35. The summed E-state index contributed by atoms with van der Waals surface area (Å²) in [5.74, 6) is -0.736. The minimum Gasteiger partial charge on any atom is -0.478 e. The summed E-state index contributed by atoms with van der Waals surface area (Å²) in [6, 6.07) is 11.3. The fourth-order valence-corrected chi connectivity index (χ4v) is 4.08. The summed E-state index contributed by atoms with van der Waals surface area (Å²) in [5.41, 5.74) is 3.04. The van der Waals surface area contributed by atoms with Crippen molar-refractivity contribution in [3.63, 3.8) is 0 Å². The van der Waals surface area contributed by atoms with Crippen molar-refractivity contribution in [2.45, 2.75) is 21.3 Å². The first-order valence-electron chi connectivity index (χ1n) is 10.7. The smallest absolute Gasteiger partial charge is 0.335 e. The van der Waals surface area contributed by atoms with Crippen molar-refractivity contribution >= 4 is 57.1 Å². The molecule has 2 aliphatic heterocycles. The van der Waals surface area contributed by atoms with Crippen molar-refractivity contribution in [2.75, 3.05) is 52.6 Å². The molecule has 0 radical (unpaired) electrons. The summed E-state index contributed by atoms with van der Waals surface area (Å²) in [6.07, 6.45) is 0. The van der Waals surface area contributed by atoms with Gasteiger partial charge in [-0.15, -0.1) is 0 Å². The highest BCUT2D eigenvalue weighted by Crippen LogP contribution is 2.16. The minimum atomic E-state index is -0.860. The average Bonchev–Trinajstić information content (AvgIpc) is 2.84. The Kier molecular flexibility index (Phi) is 14.8. The second kappa shape index (κ2) is 16.4. The largest absolute Gasteiger partial charge is 0.478 e. The summed E-state index contributed by atoms with van der Waals surface area (Å²) < 4.78 is 12.3. The molecule has 0 unspecified atom stereocenters. The van der Waals surface area contributed by atoms with Crippen LogP contribution in [-0.2, 0) is 9.47 Å². The first-order chi connectivity index (χ1) is 15.8. The van der Waals surface area contributed by atoms with Gasteiger partial charge in [0.1, 0.15) is 0 Å². The third-order valence-electron chi connectivity index (χ3n) is 5.00. The molecule has 7 nitrogen and oxygen atoms in total. The summed E-state index contributed by atoms with van der Waals surface area (Å²) in [5, 5.41) is 11.8. The van der Waals surface area contributed by atoms with E-state index in [4.69, 9.17) is 14.6 Å². The van der Waals surface area contributed by atoms with Gasteiger partial charge in [0.2, 0.25) is 0 Å². The fourth-order valence-electron chi connectivity index (χ4n) is 3.10. The monoisotopic (exact) mass is 696 g/mol. The highest BCUT2D eigenvalue weighted by atomic mass is 127. The zero-order valence-corrected chi connectivity index (χ0v) is 23.2. The van der Waals surface area contributed by atoms with Crippen LogP contribution in [0.2, 0.25) is 0 Å². The number of halogens is 2. The number of carboxylic acids is 1. The second-order valence-electron chi connectivity index (χ2n) is 7.49. The molecular formula is C25H34I2N2O5. The molecule has 2 aromatic carbocycles. The Morgan fingerprint density at radius 3 is 1.74 bits per heavy atom. The highest BCUT2D eigenvalue weighted by Gasteiger charge is 2.19. The molecule has 34 heavy (non-hydrogen) atoms. The van der Waals surface area contributed by atoms with Crippen LogP contribution >= 0.6 is 45.2 Å². The van der Waals surface area contributed by atoms with E-state index in [-0.39, 0.29) is 13.3 Å². The van der Waals surface area contributed by atoms with E-state index >= 15 is 0 Å². The van der Waals surface area contributed by atoms with Crippen LogP contribution in [-0.4, -0.2) is 74.5 Å². The lowest BCUT2D eigenvalue weighted by molar-refractivity contribution is 0.0302. The Bertz CT molecular complexity index is 918. The number of hydrogen-bond donors (Lipinski definition) is 2. The first kappa shape index (κ1) is 30.8. The van der Waals surface area contributed by atoms with Crippen LogP contribution in [0.3, 0.4) is 0 Å². The van der Waals surface area contributed by atoms with Crippen LogP contribution in [0.1, 0.15) is 39.3 Å². The number of amides is 1. The number of ether oxygens (including phenoxy) is 2. The molecule has 2 N–H and O–H groups in total. The van der Waals surface area contributed by atoms with E-state index < -0.39 is 5.97 Å². The predicted molar refractivity (Wildman–Crippen MR) is 152 cm³/mol. The molecule has 2 saturated heterocycles. The quantitative estimate of drug-likeness (QED) is 0.447.